The summed E-state index contributed by atoms with van der Waals surface area (Å²) in [7, 11) is 1.83. The lowest BCUT2D eigenvalue weighted by atomic mass is 10.3. The summed E-state index contributed by atoms with van der Waals surface area (Å²) in [6, 6.07) is 1.94. The average molecular weight is 209 g/mol. The van der Waals surface area contributed by atoms with Crippen LogP contribution in [0.3, 0.4) is 0 Å². The highest BCUT2D eigenvalue weighted by Crippen LogP contribution is 2.22. The highest BCUT2D eigenvalue weighted by molar-refractivity contribution is 5.56. The first kappa shape index (κ1) is 10.2. The van der Waals surface area contributed by atoms with Crippen LogP contribution < -0.4 is 10.2 Å². The predicted octanol–water partition coefficient (Wildman–Crippen LogP) is -0.335. The number of aliphatic hydroxyl groups excluding tert-OH is 2. The number of aromatic nitrogens is 1. The molecule has 0 radical (unpaired) electrons. The van der Waals surface area contributed by atoms with Gasteiger partial charge in [-0.1, -0.05) is 0 Å². The molecule has 0 amide bonds. The lowest BCUT2D eigenvalue weighted by Crippen LogP contribution is -2.22. The summed E-state index contributed by atoms with van der Waals surface area (Å²) in [6.45, 7) is 0.909. The molecule has 2 unspecified atom stereocenters. The summed E-state index contributed by atoms with van der Waals surface area (Å²) in [6.07, 6.45) is 2.13. The zero-order chi connectivity index (χ0) is 10.8. The fraction of sp³-hybridized carbons (Fsp3) is 0.500. The minimum absolute atomic E-state index is 0.454. The maximum absolute atomic E-state index is 9.43. The Morgan fingerprint density at radius 3 is 2.60 bits per heavy atom. The molecular formula is C10H15N3O2. The SMILES string of the molecule is CNc1cncc(N2CC(O)C(O)C2)c1. The predicted molar refractivity (Wildman–Crippen MR) is 58.0 cm³/mol. The first-order valence-electron chi connectivity index (χ1n) is 4.94. The van der Waals surface area contributed by atoms with Gasteiger partial charge in [0.1, 0.15) is 0 Å². The quantitative estimate of drug-likeness (QED) is 0.622. The molecule has 82 valence electrons. The third kappa shape index (κ3) is 2.03. The normalized spacial score (nSPS) is 25.7. The zero-order valence-corrected chi connectivity index (χ0v) is 8.59. The van der Waals surface area contributed by atoms with Gasteiger partial charge in [-0.05, 0) is 6.07 Å². The van der Waals surface area contributed by atoms with Crippen molar-refractivity contribution in [1.29, 1.82) is 0 Å². The van der Waals surface area contributed by atoms with Crippen molar-refractivity contribution in [2.45, 2.75) is 12.2 Å². The van der Waals surface area contributed by atoms with E-state index in [0.29, 0.717) is 13.1 Å². The van der Waals surface area contributed by atoms with Crippen LogP contribution in [0.15, 0.2) is 18.5 Å². The van der Waals surface area contributed by atoms with Gasteiger partial charge < -0.3 is 20.4 Å². The third-order valence-corrected chi connectivity index (χ3v) is 2.64. The summed E-state index contributed by atoms with van der Waals surface area (Å²) in [5.74, 6) is 0. The number of anilines is 2. The van der Waals surface area contributed by atoms with Gasteiger partial charge in [-0.15, -0.1) is 0 Å². The summed E-state index contributed by atoms with van der Waals surface area (Å²) >= 11 is 0. The monoisotopic (exact) mass is 209 g/mol. The van der Waals surface area contributed by atoms with Crippen LogP contribution in [0.25, 0.3) is 0 Å². The summed E-state index contributed by atoms with van der Waals surface area (Å²) in [5.41, 5.74) is 1.83. The Kier molecular flexibility index (Phi) is 2.75. The van der Waals surface area contributed by atoms with Gasteiger partial charge in [0.15, 0.2) is 0 Å². The first-order valence-corrected chi connectivity index (χ1v) is 4.94. The molecule has 2 rings (SSSR count). The van der Waals surface area contributed by atoms with Crippen molar-refractivity contribution in [3.05, 3.63) is 18.5 Å². The molecule has 5 heteroatoms. The second-order valence-corrected chi connectivity index (χ2v) is 3.72. The molecule has 1 aliphatic rings. The number of aliphatic hydroxyl groups is 2. The van der Waals surface area contributed by atoms with Crippen molar-refractivity contribution in [2.24, 2.45) is 0 Å². The van der Waals surface area contributed by atoms with Crippen molar-refractivity contribution in [2.75, 3.05) is 30.4 Å². The van der Waals surface area contributed by atoms with Gasteiger partial charge in [0.25, 0.3) is 0 Å². The van der Waals surface area contributed by atoms with E-state index in [4.69, 9.17) is 0 Å². The summed E-state index contributed by atoms with van der Waals surface area (Å²) in [4.78, 5) is 6.00. The van der Waals surface area contributed by atoms with E-state index < -0.39 is 12.2 Å². The van der Waals surface area contributed by atoms with E-state index in [1.165, 1.54) is 0 Å². The van der Waals surface area contributed by atoms with Gasteiger partial charge in [0, 0.05) is 20.1 Å². The molecule has 1 aliphatic heterocycles. The zero-order valence-electron chi connectivity index (χ0n) is 8.59. The average Bonchev–Trinajstić information content (AvgIpc) is 2.59. The second-order valence-electron chi connectivity index (χ2n) is 3.72. The molecule has 0 aromatic carbocycles. The van der Waals surface area contributed by atoms with Gasteiger partial charge >= 0.3 is 0 Å². The van der Waals surface area contributed by atoms with E-state index in [1.54, 1.807) is 12.4 Å². The molecule has 0 bridgehead atoms. The molecule has 1 aromatic rings. The smallest absolute Gasteiger partial charge is 0.0990 e. The van der Waals surface area contributed by atoms with Gasteiger partial charge in [-0.25, -0.2) is 0 Å². The number of hydrogen-bond acceptors (Lipinski definition) is 5. The molecule has 3 N–H and O–H groups in total. The number of β-amino-alcohol motifs (C(OH)–C–C–N with tert-alkyl or cyclic N) is 2. The van der Waals surface area contributed by atoms with Crippen LogP contribution in [0.2, 0.25) is 0 Å². The Balaban J connectivity index is 2.16. The highest BCUT2D eigenvalue weighted by atomic mass is 16.3. The van der Waals surface area contributed by atoms with Crippen LogP contribution in [0, 0.1) is 0 Å². The largest absolute Gasteiger partial charge is 0.389 e. The van der Waals surface area contributed by atoms with E-state index in [1.807, 2.05) is 18.0 Å². The fourth-order valence-corrected chi connectivity index (χ4v) is 1.72. The maximum Gasteiger partial charge on any atom is 0.0990 e. The van der Waals surface area contributed by atoms with Crippen LogP contribution >= 0.6 is 0 Å². The van der Waals surface area contributed by atoms with Crippen LogP contribution in [0.4, 0.5) is 11.4 Å². The Hall–Kier alpha value is -1.33. The number of rotatable bonds is 2. The minimum Gasteiger partial charge on any atom is -0.389 e. The molecule has 2 atom stereocenters. The standard InChI is InChI=1S/C10H15N3O2/c1-11-7-2-8(4-12-3-7)13-5-9(14)10(15)6-13/h2-4,9-11,14-15H,5-6H2,1H3. The number of hydrogen-bond donors (Lipinski definition) is 3. The van der Waals surface area contributed by atoms with Crippen LogP contribution in [0.5, 0.6) is 0 Å². The molecule has 1 saturated heterocycles. The van der Waals surface area contributed by atoms with Gasteiger partial charge in [0.05, 0.1) is 36.0 Å². The van der Waals surface area contributed by atoms with Crippen LogP contribution in [-0.4, -0.2) is 47.5 Å². The van der Waals surface area contributed by atoms with Crippen molar-refractivity contribution in [3.8, 4) is 0 Å². The van der Waals surface area contributed by atoms with Gasteiger partial charge in [-0.3, -0.25) is 4.98 Å². The molecule has 2 heterocycles. The second kappa shape index (κ2) is 4.04. The molecular weight excluding hydrogens is 194 g/mol. The van der Waals surface area contributed by atoms with Crippen molar-refractivity contribution >= 4 is 11.4 Å². The number of pyridine rings is 1. The molecule has 0 spiro atoms. The van der Waals surface area contributed by atoms with E-state index >= 15 is 0 Å². The number of nitrogens with one attached hydrogen (secondary N) is 1. The molecule has 5 nitrogen and oxygen atoms in total. The third-order valence-electron chi connectivity index (χ3n) is 2.64. The van der Waals surface area contributed by atoms with E-state index in [9.17, 15) is 10.2 Å². The lowest BCUT2D eigenvalue weighted by molar-refractivity contribution is 0.0572. The Morgan fingerprint density at radius 1 is 1.33 bits per heavy atom. The fourth-order valence-electron chi connectivity index (χ4n) is 1.72. The summed E-state index contributed by atoms with van der Waals surface area (Å²) in [5, 5.41) is 21.9. The van der Waals surface area contributed by atoms with Crippen molar-refractivity contribution < 1.29 is 10.2 Å². The minimum atomic E-state index is -0.664. The van der Waals surface area contributed by atoms with Crippen molar-refractivity contribution in [3.63, 3.8) is 0 Å². The highest BCUT2D eigenvalue weighted by Gasteiger charge is 2.29. The van der Waals surface area contributed by atoms with Crippen LogP contribution in [-0.2, 0) is 0 Å². The van der Waals surface area contributed by atoms with Crippen LogP contribution in [0.1, 0.15) is 0 Å². The van der Waals surface area contributed by atoms with E-state index in [0.717, 1.165) is 11.4 Å². The van der Waals surface area contributed by atoms with E-state index in [-0.39, 0.29) is 0 Å². The van der Waals surface area contributed by atoms with Gasteiger partial charge in [0.2, 0.25) is 0 Å². The molecule has 1 aromatic heterocycles. The van der Waals surface area contributed by atoms with Gasteiger partial charge in [-0.2, -0.15) is 0 Å². The number of nitrogens with zero attached hydrogens (tertiary/aromatic N) is 2. The molecule has 15 heavy (non-hydrogen) atoms. The Labute approximate surface area is 88.4 Å². The Morgan fingerprint density at radius 2 is 2.00 bits per heavy atom. The van der Waals surface area contributed by atoms with Crippen molar-refractivity contribution in [1.82, 2.24) is 4.98 Å². The first-order chi connectivity index (χ1) is 7.20. The lowest BCUT2D eigenvalue weighted by Gasteiger charge is -2.17. The summed E-state index contributed by atoms with van der Waals surface area (Å²) < 4.78 is 0. The maximum atomic E-state index is 9.43. The molecule has 0 saturated carbocycles. The Bertz CT molecular complexity index is 335. The topological polar surface area (TPSA) is 68.6 Å². The molecule has 1 fully saturated rings. The molecule has 0 aliphatic carbocycles. The van der Waals surface area contributed by atoms with E-state index in [2.05, 4.69) is 10.3 Å².